The number of rotatable bonds is 1. The topological polar surface area (TPSA) is 47.3 Å². The highest BCUT2D eigenvalue weighted by Crippen LogP contribution is 2.36. The van der Waals surface area contributed by atoms with Crippen LogP contribution in [0, 0.1) is 29.1 Å². The average Bonchev–Trinajstić information content (AvgIpc) is 3.14. The molecule has 2 aromatic carbocycles. The van der Waals surface area contributed by atoms with Gasteiger partial charge in [0.2, 0.25) is 0 Å². The summed E-state index contributed by atoms with van der Waals surface area (Å²) < 4.78 is 0. The smallest absolute Gasteiger partial charge is 0.131 e. The first-order valence-corrected chi connectivity index (χ1v) is 9.67. The number of hydrogen-bond donors (Lipinski definition) is 1. The van der Waals surface area contributed by atoms with Gasteiger partial charge in [0.15, 0.2) is 0 Å². The molecule has 0 spiro atoms. The van der Waals surface area contributed by atoms with E-state index in [9.17, 15) is 5.11 Å². The third-order valence-electron chi connectivity index (χ3n) is 6.03. The predicted octanol–water partition coefficient (Wildman–Crippen LogP) is 3.81. The van der Waals surface area contributed by atoms with Gasteiger partial charge in [-0.15, -0.1) is 0 Å². The first-order chi connectivity index (χ1) is 13.1. The first-order valence-electron chi connectivity index (χ1n) is 9.67. The van der Waals surface area contributed by atoms with E-state index in [4.69, 9.17) is 5.26 Å². The normalized spacial score (nSPS) is 27.3. The van der Waals surface area contributed by atoms with Gasteiger partial charge in [0.1, 0.15) is 5.60 Å². The SMILES string of the molecule is CC1CN2CCCC2CC1(O)C#Cc1ccc(-c2ccc(C#N)cc2)cc1. The van der Waals surface area contributed by atoms with Crippen molar-refractivity contribution in [1.29, 1.82) is 5.26 Å². The zero-order valence-corrected chi connectivity index (χ0v) is 15.7. The summed E-state index contributed by atoms with van der Waals surface area (Å²) in [5.41, 5.74) is 2.86. The number of nitrogens with zero attached hydrogens (tertiary/aromatic N) is 2. The van der Waals surface area contributed by atoms with Crippen molar-refractivity contribution in [1.82, 2.24) is 4.90 Å². The van der Waals surface area contributed by atoms with E-state index < -0.39 is 5.60 Å². The van der Waals surface area contributed by atoms with Crippen LogP contribution in [-0.2, 0) is 0 Å². The maximum atomic E-state index is 11.1. The molecule has 2 aromatic rings. The Morgan fingerprint density at radius 2 is 1.67 bits per heavy atom. The summed E-state index contributed by atoms with van der Waals surface area (Å²) >= 11 is 0. The Balaban J connectivity index is 1.51. The van der Waals surface area contributed by atoms with Crippen molar-refractivity contribution in [2.45, 2.75) is 37.8 Å². The van der Waals surface area contributed by atoms with Crippen LogP contribution in [-0.4, -0.2) is 34.7 Å². The fourth-order valence-electron chi connectivity index (χ4n) is 4.27. The molecule has 3 nitrogen and oxygen atoms in total. The summed E-state index contributed by atoms with van der Waals surface area (Å²) in [5.74, 6) is 6.56. The summed E-state index contributed by atoms with van der Waals surface area (Å²) in [6, 6.07) is 18.3. The molecule has 0 bridgehead atoms. The van der Waals surface area contributed by atoms with E-state index in [1.54, 1.807) is 0 Å². The van der Waals surface area contributed by atoms with E-state index in [1.807, 2.05) is 48.5 Å². The van der Waals surface area contributed by atoms with Crippen molar-refractivity contribution >= 4 is 0 Å². The molecule has 3 atom stereocenters. The van der Waals surface area contributed by atoms with E-state index >= 15 is 0 Å². The van der Waals surface area contributed by atoms with E-state index in [-0.39, 0.29) is 5.92 Å². The second-order valence-corrected chi connectivity index (χ2v) is 7.84. The van der Waals surface area contributed by atoms with Crippen LogP contribution in [0.1, 0.15) is 37.3 Å². The van der Waals surface area contributed by atoms with Gasteiger partial charge in [-0.25, -0.2) is 0 Å². The number of fused-ring (bicyclic) bond motifs is 1. The lowest BCUT2D eigenvalue weighted by molar-refractivity contribution is -0.0348. The fraction of sp³-hybridized carbons (Fsp3) is 0.375. The lowest BCUT2D eigenvalue weighted by Crippen LogP contribution is -2.52. The van der Waals surface area contributed by atoms with Gasteiger partial charge in [-0.05, 0) is 54.8 Å². The van der Waals surface area contributed by atoms with Gasteiger partial charge in [-0.3, -0.25) is 4.90 Å². The molecular formula is C24H24N2O. The van der Waals surface area contributed by atoms with Gasteiger partial charge < -0.3 is 5.11 Å². The molecule has 0 aromatic heterocycles. The van der Waals surface area contributed by atoms with Crippen LogP contribution < -0.4 is 0 Å². The Morgan fingerprint density at radius 1 is 1.04 bits per heavy atom. The second-order valence-electron chi connectivity index (χ2n) is 7.84. The minimum absolute atomic E-state index is 0.164. The summed E-state index contributed by atoms with van der Waals surface area (Å²) in [7, 11) is 0. The Bertz CT molecular complexity index is 914. The Hall–Kier alpha value is -2.59. The number of piperidine rings is 1. The monoisotopic (exact) mass is 356 g/mol. The van der Waals surface area contributed by atoms with Crippen molar-refractivity contribution in [2.75, 3.05) is 13.1 Å². The van der Waals surface area contributed by atoms with Gasteiger partial charge in [-0.2, -0.15) is 5.26 Å². The molecule has 136 valence electrons. The molecule has 3 heteroatoms. The highest BCUT2D eigenvalue weighted by Gasteiger charge is 2.44. The van der Waals surface area contributed by atoms with Crippen molar-refractivity contribution in [2.24, 2.45) is 5.92 Å². The third kappa shape index (κ3) is 3.62. The maximum absolute atomic E-state index is 11.1. The summed E-state index contributed by atoms with van der Waals surface area (Å²) in [4.78, 5) is 2.51. The van der Waals surface area contributed by atoms with Crippen molar-refractivity contribution in [3.05, 3.63) is 59.7 Å². The van der Waals surface area contributed by atoms with Crippen LogP contribution in [0.15, 0.2) is 48.5 Å². The Kier molecular flexibility index (Phi) is 4.75. The van der Waals surface area contributed by atoms with Crippen LogP contribution >= 0.6 is 0 Å². The largest absolute Gasteiger partial charge is 0.377 e. The molecule has 0 saturated carbocycles. The molecule has 0 amide bonds. The summed E-state index contributed by atoms with van der Waals surface area (Å²) in [6.45, 7) is 4.21. The standard InChI is InChI=1S/C24H24N2O/c1-18-17-26-14-2-3-23(26)15-24(18,27)13-12-19-4-8-21(9-5-19)22-10-6-20(16-25)7-11-22/h4-11,18,23,27H,2-3,14-15,17H2,1H3. The quantitative estimate of drug-likeness (QED) is 0.791. The molecule has 27 heavy (non-hydrogen) atoms. The van der Waals surface area contributed by atoms with Crippen LogP contribution in [0.4, 0.5) is 0 Å². The molecular weight excluding hydrogens is 332 g/mol. The third-order valence-corrected chi connectivity index (χ3v) is 6.03. The van der Waals surface area contributed by atoms with Crippen molar-refractivity contribution in [3.63, 3.8) is 0 Å². The lowest BCUT2D eigenvalue weighted by atomic mass is 9.79. The second kappa shape index (κ2) is 7.20. The highest BCUT2D eigenvalue weighted by molar-refractivity contribution is 5.65. The minimum atomic E-state index is -0.892. The van der Waals surface area contributed by atoms with E-state index in [2.05, 4.69) is 29.7 Å². The molecule has 4 rings (SSSR count). The molecule has 2 heterocycles. The number of hydrogen-bond acceptors (Lipinski definition) is 3. The van der Waals surface area contributed by atoms with Gasteiger partial charge in [-0.1, -0.05) is 43.0 Å². The molecule has 3 unspecified atom stereocenters. The fourth-order valence-corrected chi connectivity index (χ4v) is 4.27. The van der Waals surface area contributed by atoms with Crippen molar-refractivity contribution in [3.8, 4) is 29.0 Å². The summed E-state index contributed by atoms with van der Waals surface area (Å²) in [5, 5.41) is 20.0. The first kappa shape index (κ1) is 17.8. The zero-order chi connectivity index (χ0) is 18.9. The lowest BCUT2D eigenvalue weighted by Gasteiger charge is -2.42. The van der Waals surface area contributed by atoms with Gasteiger partial charge in [0.25, 0.3) is 0 Å². The molecule has 1 N–H and O–H groups in total. The number of nitriles is 1. The predicted molar refractivity (Wildman–Crippen MR) is 107 cm³/mol. The van der Waals surface area contributed by atoms with Crippen molar-refractivity contribution < 1.29 is 5.11 Å². The average molecular weight is 356 g/mol. The maximum Gasteiger partial charge on any atom is 0.131 e. The molecule has 2 fully saturated rings. The minimum Gasteiger partial charge on any atom is -0.377 e. The van der Waals surface area contributed by atoms with Gasteiger partial charge >= 0.3 is 0 Å². The molecule has 2 aliphatic rings. The van der Waals surface area contributed by atoms with Gasteiger partial charge in [0.05, 0.1) is 11.6 Å². The molecule has 2 aliphatic heterocycles. The number of aliphatic hydroxyl groups is 1. The van der Waals surface area contributed by atoms with Crippen LogP contribution in [0.25, 0.3) is 11.1 Å². The van der Waals surface area contributed by atoms with Crippen LogP contribution in [0.5, 0.6) is 0 Å². The highest BCUT2D eigenvalue weighted by atomic mass is 16.3. The molecule has 2 saturated heterocycles. The summed E-state index contributed by atoms with van der Waals surface area (Å²) in [6.07, 6.45) is 3.16. The van der Waals surface area contributed by atoms with Crippen LogP contribution in [0.2, 0.25) is 0 Å². The molecule has 0 aliphatic carbocycles. The van der Waals surface area contributed by atoms with E-state index in [1.165, 1.54) is 12.8 Å². The zero-order valence-electron chi connectivity index (χ0n) is 15.7. The van der Waals surface area contributed by atoms with Crippen LogP contribution in [0.3, 0.4) is 0 Å². The Morgan fingerprint density at radius 3 is 2.30 bits per heavy atom. The molecule has 0 radical (unpaired) electrons. The van der Waals surface area contributed by atoms with E-state index in [0.29, 0.717) is 11.6 Å². The van der Waals surface area contributed by atoms with E-state index in [0.717, 1.165) is 36.2 Å². The Labute approximate surface area is 161 Å². The van der Waals surface area contributed by atoms with Gasteiger partial charge in [0, 0.05) is 30.5 Å². The number of benzene rings is 2.